The van der Waals surface area contributed by atoms with Gasteiger partial charge in [-0.15, -0.1) is 11.8 Å². The van der Waals surface area contributed by atoms with E-state index < -0.39 is 0 Å². The average molecular weight is 268 g/mol. The molecular weight excluding hydrogens is 252 g/mol. The number of thioether (sulfide) groups is 1. The maximum Gasteiger partial charge on any atom is 0.185 e. The lowest BCUT2D eigenvalue weighted by molar-refractivity contribution is 0.104. The van der Waals surface area contributed by atoms with Gasteiger partial charge in [0.1, 0.15) is 0 Å². The smallest absolute Gasteiger partial charge is 0.185 e. The van der Waals surface area contributed by atoms with E-state index in [2.05, 4.69) is 12.1 Å². The summed E-state index contributed by atoms with van der Waals surface area (Å²) in [5, 5.41) is 0. The molecule has 0 aromatic heterocycles. The van der Waals surface area contributed by atoms with Gasteiger partial charge in [-0.05, 0) is 37.0 Å². The Hall–Kier alpha value is -1.80. The summed E-state index contributed by atoms with van der Waals surface area (Å²) >= 11 is 1.71. The predicted molar refractivity (Wildman–Crippen MR) is 82.8 cm³/mol. The summed E-state index contributed by atoms with van der Waals surface area (Å²) < 4.78 is 0. The van der Waals surface area contributed by atoms with Gasteiger partial charge < -0.3 is 0 Å². The first kappa shape index (κ1) is 13.6. The van der Waals surface area contributed by atoms with E-state index in [0.717, 1.165) is 16.7 Å². The maximum atomic E-state index is 12.0. The molecule has 0 aliphatic carbocycles. The summed E-state index contributed by atoms with van der Waals surface area (Å²) in [7, 11) is 0. The van der Waals surface area contributed by atoms with Crippen LogP contribution in [0.15, 0.2) is 59.5 Å². The summed E-state index contributed by atoms with van der Waals surface area (Å²) in [5.41, 5.74) is 2.93. The van der Waals surface area contributed by atoms with Gasteiger partial charge in [0.15, 0.2) is 5.78 Å². The fourth-order valence-corrected chi connectivity index (χ4v) is 2.11. The van der Waals surface area contributed by atoms with Crippen molar-refractivity contribution < 1.29 is 4.79 Å². The van der Waals surface area contributed by atoms with Gasteiger partial charge in [0, 0.05) is 10.5 Å². The molecule has 2 heteroatoms. The number of carbonyl (C=O) groups excluding carboxylic acids is 1. The lowest BCUT2D eigenvalue weighted by atomic mass is 10.1. The Kier molecular flexibility index (Phi) is 4.58. The number of rotatable bonds is 4. The van der Waals surface area contributed by atoms with Gasteiger partial charge in [0.2, 0.25) is 0 Å². The fourth-order valence-electron chi connectivity index (χ4n) is 1.70. The number of allylic oxidation sites excluding steroid dienone is 1. The topological polar surface area (TPSA) is 17.1 Å². The van der Waals surface area contributed by atoms with E-state index in [0.29, 0.717) is 0 Å². The molecule has 0 N–H and O–H groups in total. The highest BCUT2D eigenvalue weighted by Crippen LogP contribution is 2.15. The van der Waals surface area contributed by atoms with Crippen molar-refractivity contribution in [3.8, 4) is 0 Å². The maximum absolute atomic E-state index is 12.0. The minimum atomic E-state index is 0.0361. The number of ketones is 1. The van der Waals surface area contributed by atoms with Crippen LogP contribution < -0.4 is 0 Å². The van der Waals surface area contributed by atoms with Crippen LogP contribution >= 0.6 is 11.8 Å². The van der Waals surface area contributed by atoms with Gasteiger partial charge in [0.25, 0.3) is 0 Å². The average Bonchev–Trinajstić information content (AvgIpc) is 2.46. The van der Waals surface area contributed by atoms with Crippen LogP contribution in [0, 0.1) is 6.92 Å². The van der Waals surface area contributed by atoms with E-state index in [1.165, 1.54) is 4.90 Å². The zero-order chi connectivity index (χ0) is 13.7. The minimum Gasteiger partial charge on any atom is -0.289 e. The molecule has 0 radical (unpaired) electrons. The molecule has 2 aromatic rings. The Labute approximate surface area is 118 Å². The summed E-state index contributed by atoms with van der Waals surface area (Å²) in [5.74, 6) is 0.0361. The first-order chi connectivity index (χ1) is 9.19. The molecule has 19 heavy (non-hydrogen) atoms. The van der Waals surface area contributed by atoms with Gasteiger partial charge in [-0.3, -0.25) is 4.79 Å². The summed E-state index contributed by atoms with van der Waals surface area (Å²) in [4.78, 5) is 13.2. The Bertz CT molecular complexity index is 580. The van der Waals surface area contributed by atoms with Gasteiger partial charge in [-0.25, -0.2) is 0 Å². The third kappa shape index (κ3) is 3.83. The predicted octanol–water partition coefficient (Wildman–Crippen LogP) is 4.61. The molecule has 0 saturated heterocycles. The fraction of sp³-hybridized carbons (Fsp3) is 0.118. The molecule has 0 fully saturated rings. The standard InChI is InChI=1S/C17H16OS/c1-13-3-8-15(9-4-13)17(18)12-7-14-5-10-16(19-2)11-6-14/h3-12H,1-2H3. The van der Waals surface area contributed by atoms with Gasteiger partial charge in [-0.2, -0.15) is 0 Å². The largest absolute Gasteiger partial charge is 0.289 e. The SMILES string of the molecule is CSc1ccc(C=CC(=O)c2ccc(C)cc2)cc1. The lowest BCUT2D eigenvalue weighted by Crippen LogP contribution is -1.93. The molecule has 0 saturated carbocycles. The zero-order valence-corrected chi connectivity index (χ0v) is 11.9. The monoisotopic (exact) mass is 268 g/mol. The normalized spacial score (nSPS) is 10.8. The molecule has 0 amide bonds. The van der Waals surface area contributed by atoms with Crippen molar-refractivity contribution >= 4 is 23.6 Å². The summed E-state index contributed by atoms with van der Waals surface area (Å²) in [6.45, 7) is 2.01. The second kappa shape index (κ2) is 6.39. The second-order valence-electron chi connectivity index (χ2n) is 4.34. The molecule has 1 nitrogen and oxygen atoms in total. The molecule has 2 rings (SSSR count). The van der Waals surface area contributed by atoms with Crippen LogP contribution in [0.1, 0.15) is 21.5 Å². The van der Waals surface area contributed by atoms with Gasteiger partial charge in [-0.1, -0.05) is 48.0 Å². The number of hydrogen-bond acceptors (Lipinski definition) is 2. The Morgan fingerprint density at radius 2 is 1.63 bits per heavy atom. The molecule has 96 valence electrons. The van der Waals surface area contributed by atoms with Crippen molar-refractivity contribution in [2.45, 2.75) is 11.8 Å². The van der Waals surface area contributed by atoms with Crippen LogP contribution in [-0.4, -0.2) is 12.0 Å². The second-order valence-corrected chi connectivity index (χ2v) is 5.22. The first-order valence-electron chi connectivity index (χ1n) is 6.12. The van der Waals surface area contributed by atoms with Crippen LogP contribution in [-0.2, 0) is 0 Å². The van der Waals surface area contributed by atoms with Crippen LogP contribution in [0.4, 0.5) is 0 Å². The molecule has 2 aromatic carbocycles. The van der Waals surface area contributed by atoms with Gasteiger partial charge >= 0.3 is 0 Å². The van der Waals surface area contributed by atoms with Gasteiger partial charge in [0.05, 0.1) is 0 Å². The van der Waals surface area contributed by atoms with Crippen LogP contribution in [0.25, 0.3) is 6.08 Å². The lowest BCUT2D eigenvalue weighted by Gasteiger charge is -1.98. The number of carbonyl (C=O) groups is 1. The van der Waals surface area contributed by atoms with E-state index in [1.54, 1.807) is 17.8 Å². The summed E-state index contributed by atoms with van der Waals surface area (Å²) in [6, 6.07) is 15.8. The van der Waals surface area contributed by atoms with Crippen LogP contribution in [0.3, 0.4) is 0 Å². The van der Waals surface area contributed by atoms with Crippen LogP contribution in [0.2, 0.25) is 0 Å². The van der Waals surface area contributed by atoms with E-state index in [9.17, 15) is 4.79 Å². The highest BCUT2D eigenvalue weighted by atomic mass is 32.2. The quantitative estimate of drug-likeness (QED) is 0.457. The van der Waals surface area contributed by atoms with Crippen LogP contribution in [0.5, 0.6) is 0 Å². The Morgan fingerprint density at radius 1 is 1.00 bits per heavy atom. The molecule has 0 spiro atoms. The molecule has 0 heterocycles. The molecule has 0 unspecified atom stereocenters. The van der Waals surface area contributed by atoms with Crippen molar-refractivity contribution in [1.82, 2.24) is 0 Å². The number of hydrogen-bond donors (Lipinski definition) is 0. The highest BCUT2D eigenvalue weighted by Gasteiger charge is 2.00. The third-order valence-corrected chi connectivity index (χ3v) is 3.62. The molecule has 0 aliphatic heterocycles. The van der Waals surface area contributed by atoms with Crippen molar-refractivity contribution in [3.05, 3.63) is 71.3 Å². The van der Waals surface area contributed by atoms with E-state index in [-0.39, 0.29) is 5.78 Å². The minimum absolute atomic E-state index is 0.0361. The molecule has 0 aliphatic rings. The number of benzene rings is 2. The Morgan fingerprint density at radius 3 is 2.21 bits per heavy atom. The first-order valence-corrected chi connectivity index (χ1v) is 7.34. The Balaban J connectivity index is 2.08. The van der Waals surface area contributed by atoms with Crippen molar-refractivity contribution in [2.75, 3.05) is 6.26 Å². The molecule has 0 atom stereocenters. The van der Waals surface area contributed by atoms with E-state index >= 15 is 0 Å². The zero-order valence-electron chi connectivity index (χ0n) is 11.1. The van der Waals surface area contributed by atoms with Crippen molar-refractivity contribution in [1.29, 1.82) is 0 Å². The molecular formula is C17H16OS. The molecule has 0 bridgehead atoms. The van der Waals surface area contributed by atoms with Crippen molar-refractivity contribution in [2.24, 2.45) is 0 Å². The highest BCUT2D eigenvalue weighted by molar-refractivity contribution is 7.98. The number of aryl methyl sites for hydroxylation is 1. The van der Waals surface area contributed by atoms with E-state index in [4.69, 9.17) is 0 Å². The van der Waals surface area contributed by atoms with Crippen molar-refractivity contribution in [3.63, 3.8) is 0 Å². The summed E-state index contributed by atoms with van der Waals surface area (Å²) in [6.07, 6.45) is 5.52. The third-order valence-electron chi connectivity index (χ3n) is 2.88. The van der Waals surface area contributed by atoms with E-state index in [1.807, 2.05) is 55.7 Å².